The standard InChI is InChI=1S/C11H21NO5S/c1-11(2,3)17-10(14)12-5-7-18(15,16)9(8-12)4-6-13/h9,13H,4-8H2,1-3H3/t9-/m0/s1. The molecule has 1 atom stereocenters. The Hall–Kier alpha value is -0.820. The van der Waals surface area contributed by atoms with Gasteiger partial charge < -0.3 is 14.7 Å². The molecular formula is C11H21NO5S. The number of nitrogens with zero attached hydrogens (tertiary/aromatic N) is 1. The second-order valence-electron chi connectivity index (χ2n) is 5.43. The van der Waals surface area contributed by atoms with Crippen LogP contribution in [-0.4, -0.2) is 60.8 Å². The van der Waals surface area contributed by atoms with E-state index in [0.717, 1.165) is 0 Å². The Labute approximate surface area is 108 Å². The van der Waals surface area contributed by atoms with E-state index < -0.39 is 26.8 Å². The number of carbonyl (C=O) groups excluding carboxylic acids is 1. The molecule has 1 rings (SSSR count). The first-order valence-electron chi connectivity index (χ1n) is 5.96. The van der Waals surface area contributed by atoms with Gasteiger partial charge in [0.15, 0.2) is 9.84 Å². The van der Waals surface area contributed by atoms with Gasteiger partial charge in [0, 0.05) is 19.7 Å². The van der Waals surface area contributed by atoms with Crippen molar-refractivity contribution in [1.82, 2.24) is 4.90 Å². The van der Waals surface area contributed by atoms with Crippen LogP contribution in [0.4, 0.5) is 4.79 Å². The smallest absolute Gasteiger partial charge is 0.410 e. The van der Waals surface area contributed by atoms with Crippen molar-refractivity contribution in [2.45, 2.75) is 38.0 Å². The average Bonchev–Trinajstić information content (AvgIpc) is 2.18. The van der Waals surface area contributed by atoms with Crippen molar-refractivity contribution in [3.63, 3.8) is 0 Å². The van der Waals surface area contributed by atoms with E-state index in [1.165, 1.54) is 4.90 Å². The second kappa shape index (κ2) is 5.44. The van der Waals surface area contributed by atoms with Crippen molar-refractivity contribution >= 4 is 15.9 Å². The van der Waals surface area contributed by atoms with E-state index in [1.807, 2.05) is 0 Å². The predicted octanol–water partition coefficient (Wildman–Crippen LogP) is 0.403. The molecule has 0 spiro atoms. The van der Waals surface area contributed by atoms with E-state index >= 15 is 0 Å². The van der Waals surface area contributed by atoms with Crippen LogP contribution in [0.2, 0.25) is 0 Å². The van der Waals surface area contributed by atoms with Crippen LogP contribution in [0.25, 0.3) is 0 Å². The third-order valence-corrected chi connectivity index (χ3v) is 4.83. The van der Waals surface area contributed by atoms with Crippen LogP contribution in [-0.2, 0) is 14.6 Å². The molecule has 1 aliphatic rings. The first-order valence-corrected chi connectivity index (χ1v) is 7.67. The van der Waals surface area contributed by atoms with Crippen LogP contribution in [0.15, 0.2) is 0 Å². The molecule has 1 amide bonds. The molecule has 0 unspecified atom stereocenters. The number of aliphatic hydroxyl groups excluding tert-OH is 1. The van der Waals surface area contributed by atoms with Crippen LogP contribution in [0.3, 0.4) is 0 Å². The Bertz CT molecular complexity index is 398. The fraction of sp³-hybridized carbons (Fsp3) is 0.909. The number of aliphatic hydroxyl groups is 1. The van der Waals surface area contributed by atoms with Crippen molar-refractivity contribution in [2.24, 2.45) is 0 Å². The zero-order chi connectivity index (χ0) is 14.0. The van der Waals surface area contributed by atoms with Crippen molar-refractivity contribution < 1.29 is 23.1 Å². The molecule has 1 N–H and O–H groups in total. The Balaban J connectivity index is 2.69. The van der Waals surface area contributed by atoms with Gasteiger partial charge in [-0.3, -0.25) is 0 Å². The maximum absolute atomic E-state index is 11.8. The third kappa shape index (κ3) is 4.13. The van der Waals surface area contributed by atoms with E-state index in [1.54, 1.807) is 20.8 Å². The number of sulfone groups is 1. The monoisotopic (exact) mass is 279 g/mol. The van der Waals surface area contributed by atoms with E-state index in [2.05, 4.69) is 0 Å². The first kappa shape index (κ1) is 15.2. The average molecular weight is 279 g/mol. The lowest BCUT2D eigenvalue weighted by Gasteiger charge is -2.33. The molecule has 106 valence electrons. The van der Waals surface area contributed by atoms with Gasteiger partial charge in [0.05, 0.1) is 11.0 Å². The molecule has 0 aromatic carbocycles. The van der Waals surface area contributed by atoms with Crippen LogP contribution in [0, 0.1) is 0 Å². The van der Waals surface area contributed by atoms with Gasteiger partial charge in [-0.15, -0.1) is 0 Å². The molecule has 6 nitrogen and oxygen atoms in total. The lowest BCUT2D eigenvalue weighted by Crippen LogP contribution is -2.50. The minimum absolute atomic E-state index is 0.0725. The Morgan fingerprint density at radius 3 is 2.56 bits per heavy atom. The van der Waals surface area contributed by atoms with Crippen molar-refractivity contribution in [2.75, 3.05) is 25.4 Å². The summed E-state index contributed by atoms with van der Waals surface area (Å²) in [4.78, 5) is 13.2. The molecule has 0 saturated carbocycles. The maximum Gasteiger partial charge on any atom is 0.410 e. The number of rotatable bonds is 2. The minimum Gasteiger partial charge on any atom is -0.444 e. The van der Waals surface area contributed by atoms with E-state index in [-0.39, 0.29) is 31.9 Å². The van der Waals surface area contributed by atoms with Gasteiger partial charge in [0.25, 0.3) is 0 Å². The van der Waals surface area contributed by atoms with Crippen LogP contribution >= 0.6 is 0 Å². The summed E-state index contributed by atoms with van der Waals surface area (Å²) in [6.07, 6.45) is -0.345. The number of hydrogen-bond acceptors (Lipinski definition) is 5. The predicted molar refractivity (Wildman–Crippen MR) is 67.1 cm³/mol. The lowest BCUT2D eigenvalue weighted by molar-refractivity contribution is 0.0250. The SMILES string of the molecule is CC(C)(C)OC(=O)N1CCS(=O)(=O)[C@@H](CCO)C1. The zero-order valence-corrected chi connectivity index (χ0v) is 11.9. The van der Waals surface area contributed by atoms with Gasteiger partial charge >= 0.3 is 6.09 Å². The zero-order valence-electron chi connectivity index (χ0n) is 11.0. The summed E-state index contributed by atoms with van der Waals surface area (Å²) in [5, 5.41) is 8.17. The fourth-order valence-electron chi connectivity index (χ4n) is 1.76. The molecule has 1 heterocycles. The van der Waals surface area contributed by atoms with E-state index in [0.29, 0.717) is 0 Å². The summed E-state index contributed by atoms with van der Waals surface area (Å²) in [7, 11) is -3.21. The molecule has 0 aliphatic carbocycles. The van der Waals surface area contributed by atoms with Gasteiger partial charge in [0.2, 0.25) is 0 Å². The van der Waals surface area contributed by atoms with Crippen LogP contribution < -0.4 is 0 Å². The molecule has 0 aromatic heterocycles. The quantitative estimate of drug-likeness (QED) is 0.791. The van der Waals surface area contributed by atoms with E-state index in [9.17, 15) is 13.2 Å². The Morgan fingerprint density at radius 1 is 1.44 bits per heavy atom. The summed E-state index contributed by atoms with van der Waals surface area (Å²) in [5.74, 6) is -0.0725. The molecule has 18 heavy (non-hydrogen) atoms. The Morgan fingerprint density at radius 2 is 2.06 bits per heavy atom. The van der Waals surface area contributed by atoms with Gasteiger partial charge in [-0.05, 0) is 27.2 Å². The van der Waals surface area contributed by atoms with Gasteiger partial charge in [-0.25, -0.2) is 13.2 Å². The fourth-order valence-corrected chi connectivity index (χ4v) is 3.44. The van der Waals surface area contributed by atoms with Gasteiger partial charge in [-0.2, -0.15) is 0 Å². The highest BCUT2D eigenvalue weighted by molar-refractivity contribution is 7.92. The summed E-state index contributed by atoms with van der Waals surface area (Å²) < 4.78 is 28.7. The third-order valence-electron chi connectivity index (χ3n) is 2.68. The van der Waals surface area contributed by atoms with Crippen molar-refractivity contribution in [3.05, 3.63) is 0 Å². The highest BCUT2D eigenvalue weighted by atomic mass is 32.2. The number of amides is 1. The summed E-state index contributed by atoms with van der Waals surface area (Å²) >= 11 is 0. The Kier molecular flexibility index (Phi) is 4.61. The minimum atomic E-state index is -3.21. The molecule has 1 fully saturated rings. The molecular weight excluding hydrogens is 258 g/mol. The van der Waals surface area contributed by atoms with Crippen molar-refractivity contribution in [1.29, 1.82) is 0 Å². The largest absolute Gasteiger partial charge is 0.444 e. The molecule has 0 radical (unpaired) electrons. The van der Waals surface area contributed by atoms with Gasteiger partial charge in [-0.1, -0.05) is 0 Å². The summed E-state index contributed by atoms with van der Waals surface area (Å²) in [6, 6.07) is 0. The normalized spacial score (nSPS) is 23.8. The van der Waals surface area contributed by atoms with Crippen molar-refractivity contribution in [3.8, 4) is 0 Å². The van der Waals surface area contributed by atoms with Gasteiger partial charge in [0.1, 0.15) is 5.60 Å². The topological polar surface area (TPSA) is 83.9 Å². The molecule has 1 saturated heterocycles. The van der Waals surface area contributed by atoms with E-state index in [4.69, 9.17) is 9.84 Å². The molecule has 1 aliphatic heterocycles. The molecule has 7 heteroatoms. The lowest BCUT2D eigenvalue weighted by atomic mass is 10.2. The maximum atomic E-state index is 11.8. The summed E-state index contributed by atoms with van der Waals surface area (Å²) in [5.41, 5.74) is -0.597. The highest BCUT2D eigenvalue weighted by Crippen LogP contribution is 2.18. The molecule has 0 bridgehead atoms. The first-order chi connectivity index (χ1) is 8.15. The van der Waals surface area contributed by atoms with Crippen LogP contribution in [0.1, 0.15) is 27.2 Å². The van der Waals surface area contributed by atoms with Crippen LogP contribution in [0.5, 0.6) is 0 Å². The number of ether oxygens (including phenoxy) is 1. The second-order valence-corrected chi connectivity index (χ2v) is 7.83. The number of hydrogen-bond donors (Lipinski definition) is 1. The highest BCUT2D eigenvalue weighted by Gasteiger charge is 2.35. The summed E-state index contributed by atoms with van der Waals surface area (Å²) in [6.45, 7) is 5.33. The number of carbonyl (C=O) groups is 1. The molecule has 0 aromatic rings.